The van der Waals surface area contributed by atoms with E-state index in [0.717, 1.165) is 29.2 Å². The first-order valence-corrected chi connectivity index (χ1v) is 10.3. The molecule has 2 aliphatic rings. The SMILES string of the molecule is COc1cc2c3c(c4ccc(I)cc4c2cc1CO)C[C@@H]1CCC(=O)N1C3. The van der Waals surface area contributed by atoms with Crippen LogP contribution in [0.1, 0.15) is 29.5 Å². The Bertz CT molecular complexity index is 1110. The second-order valence-electron chi connectivity index (χ2n) is 7.43. The van der Waals surface area contributed by atoms with Gasteiger partial charge in [-0.25, -0.2) is 0 Å². The van der Waals surface area contributed by atoms with Gasteiger partial charge in [-0.1, -0.05) is 6.07 Å². The van der Waals surface area contributed by atoms with Crippen LogP contribution >= 0.6 is 22.6 Å². The van der Waals surface area contributed by atoms with Gasteiger partial charge in [0, 0.05) is 28.1 Å². The maximum Gasteiger partial charge on any atom is 0.223 e. The van der Waals surface area contributed by atoms with Crippen molar-refractivity contribution in [3.63, 3.8) is 0 Å². The number of benzene rings is 3. The zero-order valence-electron chi connectivity index (χ0n) is 15.1. The molecule has 27 heavy (non-hydrogen) atoms. The maximum absolute atomic E-state index is 12.4. The highest BCUT2D eigenvalue weighted by Crippen LogP contribution is 2.42. The molecule has 0 unspecified atom stereocenters. The molecule has 138 valence electrons. The third-order valence-corrected chi connectivity index (χ3v) is 6.77. The summed E-state index contributed by atoms with van der Waals surface area (Å²) in [7, 11) is 1.64. The predicted octanol–water partition coefficient (Wildman–Crippen LogP) is 4.15. The molecule has 0 aliphatic carbocycles. The molecule has 1 N–H and O–H groups in total. The van der Waals surface area contributed by atoms with Crippen LogP contribution in [0, 0.1) is 3.57 Å². The van der Waals surface area contributed by atoms with Crippen LogP contribution in [0.15, 0.2) is 30.3 Å². The van der Waals surface area contributed by atoms with E-state index in [4.69, 9.17) is 4.74 Å². The van der Waals surface area contributed by atoms with Crippen LogP contribution < -0.4 is 4.74 Å². The lowest BCUT2D eigenvalue weighted by Gasteiger charge is -2.33. The highest BCUT2D eigenvalue weighted by atomic mass is 127. The van der Waals surface area contributed by atoms with Crippen molar-refractivity contribution in [2.24, 2.45) is 0 Å². The zero-order valence-corrected chi connectivity index (χ0v) is 17.2. The van der Waals surface area contributed by atoms with E-state index in [1.54, 1.807) is 7.11 Å². The van der Waals surface area contributed by atoms with E-state index in [2.05, 4.69) is 40.8 Å². The van der Waals surface area contributed by atoms with E-state index >= 15 is 0 Å². The van der Waals surface area contributed by atoms with Crippen LogP contribution in [0.4, 0.5) is 0 Å². The van der Waals surface area contributed by atoms with Crippen molar-refractivity contribution in [3.8, 4) is 5.75 Å². The molecule has 1 amide bonds. The highest BCUT2D eigenvalue weighted by molar-refractivity contribution is 14.1. The van der Waals surface area contributed by atoms with Gasteiger partial charge in [-0.15, -0.1) is 0 Å². The fourth-order valence-electron chi connectivity index (χ4n) is 4.78. The molecule has 0 aromatic heterocycles. The molecule has 0 spiro atoms. The number of carbonyl (C=O) groups is 1. The van der Waals surface area contributed by atoms with Crippen molar-refractivity contribution in [2.75, 3.05) is 7.11 Å². The van der Waals surface area contributed by atoms with Crippen molar-refractivity contribution >= 4 is 50.0 Å². The van der Waals surface area contributed by atoms with Crippen LogP contribution in [-0.2, 0) is 24.4 Å². The summed E-state index contributed by atoms with van der Waals surface area (Å²) in [6, 6.07) is 11.0. The smallest absolute Gasteiger partial charge is 0.223 e. The van der Waals surface area contributed by atoms with Crippen LogP contribution in [0.25, 0.3) is 21.5 Å². The molecule has 2 heterocycles. The number of rotatable bonds is 2. The van der Waals surface area contributed by atoms with Gasteiger partial charge in [-0.2, -0.15) is 0 Å². The molecule has 1 atom stereocenters. The standard InChI is InChI=1S/C22H20INO3/c1-27-21-9-19-16(6-12(21)11-25)17-7-13(23)2-4-15(17)18-8-14-3-5-22(26)24(14)10-20(18)19/h2,4,6-7,9,14,25H,3,5,8,10-11H2,1H3/t14-/m0/s1. The second kappa shape index (κ2) is 6.34. The summed E-state index contributed by atoms with van der Waals surface area (Å²) in [6.07, 6.45) is 2.53. The van der Waals surface area contributed by atoms with E-state index in [9.17, 15) is 9.90 Å². The number of aliphatic hydroxyl groups excluding tert-OH is 1. The van der Waals surface area contributed by atoms with Gasteiger partial charge >= 0.3 is 0 Å². The van der Waals surface area contributed by atoms with Gasteiger partial charge < -0.3 is 14.7 Å². The third kappa shape index (κ3) is 2.55. The van der Waals surface area contributed by atoms with Gasteiger partial charge in [0.1, 0.15) is 5.75 Å². The number of methoxy groups -OCH3 is 1. The largest absolute Gasteiger partial charge is 0.496 e. The lowest BCUT2D eigenvalue weighted by molar-refractivity contribution is -0.129. The summed E-state index contributed by atoms with van der Waals surface area (Å²) in [4.78, 5) is 14.4. The molecule has 0 saturated carbocycles. The van der Waals surface area contributed by atoms with Crippen molar-refractivity contribution < 1.29 is 14.6 Å². The van der Waals surface area contributed by atoms with Gasteiger partial charge in [-0.05, 0) is 92.4 Å². The first-order chi connectivity index (χ1) is 13.1. The number of halogens is 1. The van der Waals surface area contributed by atoms with Crippen LogP contribution in [-0.4, -0.2) is 29.1 Å². The Balaban J connectivity index is 1.89. The third-order valence-electron chi connectivity index (χ3n) is 6.10. The Morgan fingerprint density at radius 2 is 1.96 bits per heavy atom. The Labute approximate surface area is 171 Å². The molecule has 0 bridgehead atoms. The van der Waals surface area contributed by atoms with Gasteiger partial charge in [0.25, 0.3) is 0 Å². The summed E-state index contributed by atoms with van der Waals surface area (Å²) in [5.74, 6) is 0.965. The number of amides is 1. The molecule has 4 nitrogen and oxygen atoms in total. The highest BCUT2D eigenvalue weighted by Gasteiger charge is 2.36. The van der Waals surface area contributed by atoms with Gasteiger partial charge in [0.05, 0.1) is 13.7 Å². The fraction of sp³-hybridized carbons (Fsp3) is 0.318. The van der Waals surface area contributed by atoms with Crippen molar-refractivity contribution in [1.82, 2.24) is 4.90 Å². The Morgan fingerprint density at radius 3 is 2.74 bits per heavy atom. The summed E-state index contributed by atoms with van der Waals surface area (Å²) in [6.45, 7) is 0.604. The fourth-order valence-corrected chi connectivity index (χ4v) is 5.27. The number of carbonyl (C=O) groups excluding carboxylic acids is 1. The van der Waals surface area contributed by atoms with Gasteiger partial charge in [-0.3, -0.25) is 4.79 Å². The second-order valence-corrected chi connectivity index (χ2v) is 8.68. The summed E-state index contributed by atoms with van der Waals surface area (Å²) in [5.41, 5.74) is 3.38. The minimum absolute atomic E-state index is 0.0612. The van der Waals surface area contributed by atoms with Crippen LogP contribution in [0.5, 0.6) is 5.75 Å². The molecule has 5 heteroatoms. The lowest BCUT2D eigenvalue weighted by atomic mass is 9.85. The van der Waals surface area contributed by atoms with E-state index in [1.807, 2.05) is 17.0 Å². The van der Waals surface area contributed by atoms with Crippen molar-refractivity contribution in [2.45, 2.75) is 38.5 Å². The number of hydrogen-bond acceptors (Lipinski definition) is 3. The lowest BCUT2D eigenvalue weighted by Crippen LogP contribution is -2.38. The molecule has 3 aromatic rings. The molecule has 3 aromatic carbocycles. The predicted molar refractivity (Wildman–Crippen MR) is 114 cm³/mol. The minimum atomic E-state index is -0.0612. The Hall–Kier alpha value is -1.86. The summed E-state index contributed by atoms with van der Waals surface area (Å²) < 4.78 is 6.73. The van der Waals surface area contributed by atoms with Gasteiger partial charge in [0.15, 0.2) is 0 Å². The first kappa shape index (κ1) is 17.3. The van der Waals surface area contributed by atoms with E-state index in [-0.39, 0.29) is 12.5 Å². The molecule has 1 saturated heterocycles. The molecule has 5 rings (SSSR count). The normalized spacial score (nSPS) is 18.9. The maximum atomic E-state index is 12.4. The topological polar surface area (TPSA) is 49.8 Å². The van der Waals surface area contributed by atoms with Gasteiger partial charge in [0.2, 0.25) is 5.91 Å². The number of nitrogens with zero attached hydrogens (tertiary/aromatic N) is 1. The molecular weight excluding hydrogens is 453 g/mol. The molecule has 2 aliphatic heterocycles. The van der Waals surface area contributed by atoms with Crippen LogP contribution in [0.2, 0.25) is 0 Å². The van der Waals surface area contributed by atoms with E-state index < -0.39 is 0 Å². The minimum Gasteiger partial charge on any atom is -0.496 e. The first-order valence-electron chi connectivity index (χ1n) is 9.24. The molecular formula is C22H20INO3. The van der Waals surface area contributed by atoms with Crippen molar-refractivity contribution in [1.29, 1.82) is 0 Å². The van der Waals surface area contributed by atoms with Crippen molar-refractivity contribution in [3.05, 3.63) is 50.6 Å². The molecule has 1 fully saturated rings. The molecule has 0 radical (unpaired) electrons. The monoisotopic (exact) mass is 473 g/mol. The number of fused-ring (bicyclic) bond motifs is 7. The number of hydrogen-bond donors (Lipinski definition) is 1. The van der Waals surface area contributed by atoms with E-state index in [1.165, 1.54) is 25.5 Å². The summed E-state index contributed by atoms with van der Waals surface area (Å²) in [5, 5.41) is 14.5. The number of ether oxygens (including phenoxy) is 1. The van der Waals surface area contributed by atoms with E-state index in [0.29, 0.717) is 24.8 Å². The van der Waals surface area contributed by atoms with Crippen LogP contribution in [0.3, 0.4) is 0 Å². The number of aliphatic hydroxyl groups is 1. The Kier molecular flexibility index (Phi) is 4.05. The summed E-state index contributed by atoms with van der Waals surface area (Å²) >= 11 is 2.35. The Morgan fingerprint density at radius 1 is 1.15 bits per heavy atom. The zero-order chi connectivity index (χ0) is 18.7. The average molecular weight is 473 g/mol. The average Bonchev–Trinajstić information content (AvgIpc) is 3.05. The quantitative estimate of drug-likeness (QED) is 0.450.